The quantitative estimate of drug-likeness (QED) is 0.607. The van der Waals surface area contributed by atoms with Gasteiger partial charge in [0.25, 0.3) is 11.6 Å². The second-order valence-corrected chi connectivity index (χ2v) is 5.03. The molecule has 1 amide bonds. The van der Waals surface area contributed by atoms with E-state index >= 15 is 0 Å². The number of rotatable bonds is 5. The Bertz CT molecular complexity index is 702. The molecule has 2 N–H and O–H groups in total. The van der Waals surface area contributed by atoms with Crippen LogP contribution in [-0.2, 0) is 0 Å². The summed E-state index contributed by atoms with van der Waals surface area (Å²) in [7, 11) is 0. The van der Waals surface area contributed by atoms with Crippen molar-refractivity contribution in [1.29, 1.82) is 0 Å². The lowest BCUT2D eigenvalue weighted by molar-refractivity contribution is -0.384. The van der Waals surface area contributed by atoms with Crippen LogP contribution in [0.2, 0.25) is 0 Å². The highest BCUT2D eigenvalue weighted by Crippen LogP contribution is 2.23. The van der Waals surface area contributed by atoms with Gasteiger partial charge in [0.15, 0.2) is 0 Å². The van der Waals surface area contributed by atoms with E-state index in [4.69, 9.17) is 0 Å². The lowest BCUT2D eigenvalue weighted by Gasteiger charge is -2.27. The lowest BCUT2D eigenvalue weighted by Crippen LogP contribution is -2.48. The first-order chi connectivity index (χ1) is 10.6. The Morgan fingerprint density at radius 2 is 2.26 bits per heavy atom. The first kappa shape index (κ1) is 16.8. The second kappa shape index (κ2) is 7.16. The molecule has 2 aromatic rings. The molecule has 0 bridgehead atoms. The standard InChI is InChI=1S/C13H14N6O3.ClH/c20-13(16-6-9-4-14-5-9)10-1-2-11(12(3-10)19(21)22)18-8-15-7-17-18;/h1-3,7-9,14H,4-6H2,(H,16,20);1H. The zero-order valence-corrected chi connectivity index (χ0v) is 12.8. The molecule has 23 heavy (non-hydrogen) atoms. The van der Waals surface area contributed by atoms with Gasteiger partial charge >= 0.3 is 0 Å². The Morgan fingerprint density at radius 1 is 1.48 bits per heavy atom. The molecule has 1 aromatic carbocycles. The molecule has 122 valence electrons. The van der Waals surface area contributed by atoms with E-state index in [0.717, 1.165) is 13.1 Å². The topological polar surface area (TPSA) is 115 Å². The number of halogens is 1. The van der Waals surface area contributed by atoms with Crippen LogP contribution in [0.3, 0.4) is 0 Å². The van der Waals surface area contributed by atoms with Gasteiger partial charge in [-0.2, -0.15) is 5.10 Å². The third-order valence-corrected chi connectivity index (χ3v) is 3.52. The number of hydrogen-bond donors (Lipinski definition) is 2. The van der Waals surface area contributed by atoms with Crippen molar-refractivity contribution in [1.82, 2.24) is 25.4 Å². The summed E-state index contributed by atoms with van der Waals surface area (Å²) in [5, 5.41) is 21.0. The average molecular weight is 339 g/mol. The van der Waals surface area contributed by atoms with Gasteiger partial charge in [-0.25, -0.2) is 9.67 Å². The minimum Gasteiger partial charge on any atom is -0.352 e. The van der Waals surface area contributed by atoms with Gasteiger partial charge in [-0.05, 0) is 12.1 Å². The molecule has 0 radical (unpaired) electrons. The molecule has 0 saturated carbocycles. The number of hydrogen-bond acceptors (Lipinski definition) is 6. The molecule has 0 spiro atoms. The minimum absolute atomic E-state index is 0. The molecule has 1 aromatic heterocycles. The van der Waals surface area contributed by atoms with Gasteiger partial charge in [-0.15, -0.1) is 12.4 Å². The predicted molar refractivity (Wildman–Crippen MR) is 84.0 cm³/mol. The fourth-order valence-corrected chi connectivity index (χ4v) is 2.17. The van der Waals surface area contributed by atoms with E-state index in [0.29, 0.717) is 12.5 Å². The van der Waals surface area contributed by atoms with E-state index in [1.165, 1.54) is 29.5 Å². The highest BCUT2D eigenvalue weighted by atomic mass is 35.5. The first-order valence-corrected chi connectivity index (χ1v) is 6.77. The van der Waals surface area contributed by atoms with Crippen molar-refractivity contribution in [3.63, 3.8) is 0 Å². The second-order valence-electron chi connectivity index (χ2n) is 5.03. The molecular formula is C13H15ClN6O3. The highest BCUT2D eigenvalue weighted by Gasteiger charge is 2.21. The maximum absolute atomic E-state index is 12.1. The van der Waals surface area contributed by atoms with Gasteiger partial charge in [0.05, 0.1) is 4.92 Å². The van der Waals surface area contributed by atoms with Crippen LogP contribution in [0.25, 0.3) is 5.69 Å². The van der Waals surface area contributed by atoms with Crippen LogP contribution < -0.4 is 10.6 Å². The first-order valence-electron chi connectivity index (χ1n) is 6.77. The number of aromatic nitrogens is 3. The van der Waals surface area contributed by atoms with Crippen molar-refractivity contribution in [3.8, 4) is 5.69 Å². The fraction of sp³-hybridized carbons (Fsp3) is 0.308. The number of carbonyl (C=O) groups is 1. The van der Waals surface area contributed by atoms with E-state index in [-0.39, 0.29) is 35.3 Å². The number of nitro benzene ring substituents is 1. The van der Waals surface area contributed by atoms with E-state index in [2.05, 4.69) is 20.7 Å². The summed E-state index contributed by atoms with van der Waals surface area (Å²) in [4.78, 5) is 26.5. The Labute approximate surface area is 137 Å². The Hall–Kier alpha value is -2.52. The van der Waals surface area contributed by atoms with Crippen molar-refractivity contribution in [2.24, 2.45) is 5.92 Å². The van der Waals surface area contributed by atoms with Crippen LogP contribution in [0, 0.1) is 16.0 Å². The smallest absolute Gasteiger partial charge is 0.295 e. The number of nitrogens with one attached hydrogen (secondary N) is 2. The molecular weight excluding hydrogens is 324 g/mol. The summed E-state index contributed by atoms with van der Waals surface area (Å²) in [6.07, 6.45) is 2.66. The summed E-state index contributed by atoms with van der Waals surface area (Å²) in [6, 6.07) is 4.29. The van der Waals surface area contributed by atoms with Gasteiger partial charge in [0.2, 0.25) is 0 Å². The molecule has 1 saturated heterocycles. The van der Waals surface area contributed by atoms with Crippen molar-refractivity contribution in [3.05, 3.63) is 46.5 Å². The minimum atomic E-state index is -0.538. The molecule has 3 rings (SSSR count). The van der Waals surface area contributed by atoms with Crippen molar-refractivity contribution in [2.75, 3.05) is 19.6 Å². The van der Waals surface area contributed by atoms with Gasteiger partial charge in [-0.3, -0.25) is 14.9 Å². The normalized spacial score (nSPS) is 13.7. The van der Waals surface area contributed by atoms with Crippen LogP contribution in [0.15, 0.2) is 30.9 Å². The number of amides is 1. The molecule has 1 fully saturated rings. The summed E-state index contributed by atoms with van der Waals surface area (Å²) in [6.45, 7) is 2.32. The van der Waals surface area contributed by atoms with Crippen LogP contribution in [0.4, 0.5) is 5.69 Å². The zero-order valence-electron chi connectivity index (χ0n) is 12.0. The van der Waals surface area contributed by atoms with Crippen LogP contribution in [-0.4, -0.2) is 45.2 Å². The van der Waals surface area contributed by atoms with Crippen molar-refractivity contribution < 1.29 is 9.72 Å². The van der Waals surface area contributed by atoms with Crippen molar-refractivity contribution in [2.45, 2.75) is 0 Å². The largest absolute Gasteiger partial charge is 0.352 e. The van der Waals surface area contributed by atoms with E-state index in [1.807, 2.05) is 0 Å². The number of nitro groups is 1. The maximum atomic E-state index is 12.1. The SMILES string of the molecule is Cl.O=C(NCC1CNC1)c1ccc(-n2cncn2)c([N+](=O)[O-])c1. The Morgan fingerprint density at radius 3 is 2.83 bits per heavy atom. The Kier molecular flexibility index (Phi) is 5.24. The average Bonchev–Trinajstić information content (AvgIpc) is 2.98. The van der Waals surface area contributed by atoms with E-state index < -0.39 is 4.92 Å². The molecule has 1 aliphatic heterocycles. The predicted octanol–water partition coefficient (Wildman–Crippen LogP) is 0.546. The van der Waals surface area contributed by atoms with Gasteiger partial charge in [0, 0.05) is 37.2 Å². The summed E-state index contributed by atoms with van der Waals surface area (Å²) in [5.41, 5.74) is 0.327. The molecule has 0 unspecified atom stereocenters. The summed E-state index contributed by atoms with van der Waals surface area (Å²) >= 11 is 0. The summed E-state index contributed by atoms with van der Waals surface area (Å²) in [5.74, 6) is 0.105. The monoisotopic (exact) mass is 338 g/mol. The van der Waals surface area contributed by atoms with Crippen LogP contribution in [0.5, 0.6) is 0 Å². The molecule has 9 nitrogen and oxygen atoms in total. The van der Waals surface area contributed by atoms with Gasteiger partial charge < -0.3 is 10.6 Å². The lowest BCUT2D eigenvalue weighted by atomic mass is 10.0. The van der Waals surface area contributed by atoms with Crippen molar-refractivity contribution >= 4 is 24.0 Å². The molecule has 0 atom stereocenters. The number of carbonyl (C=O) groups excluding carboxylic acids is 1. The van der Waals surface area contributed by atoms with Crippen LogP contribution in [0.1, 0.15) is 10.4 Å². The molecule has 10 heteroatoms. The third kappa shape index (κ3) is 3.63. The molecule has 2 heterocycles. The van der Waals surface area contributed by atoms with E-state index in [1.54, 1.807) is 6.07 Å². The van der Waals surface area contributed by atoms with Gasteiger partial charge in [0.1, 0.15) is 18.3 Å². The number of nitrogens with zero attached hydrogens (tertiary/aromatic N) is 4. The third-order valence-electron chi connectivity index (χ3n) is 3.52. The Balaban J connectivity index is 0.00000192. The maximum Gasteiger partial charge on any atom is 0.295 e. The zero-order chi connectivity index (χ0) is 15.5. The van der Waals surface area contributed by atoms with E-state index in [9.17, 15) is 14.9 Å². The summed E-state index contributed by atoms with van der Waals surface area (Å²) < 4.78 is 1.29. The fourth-order valence-electron chi connectivity index (χ4n) is 2.17. The molecule has 0 aliphatic carbocycles. The number of benzene rings is 1. The van der Waals surface area contributed by atoms with Gasteiger partial charge in [-0.1, -0.05) is 0 Å². The van der Waals surface area contributed by atoms with Crippen LogP contribution >= 0.6 is 12.4 Å². The molecule has 1 aliphatic rings. The highest BCUT2D eigenvalue weighted by molar-refractivity contribution is 5.95.